The van der Waals surface area contributed by atoms with Gasteiger partial charge in [0.2, 0.25) is 0 Å². The minimum absolute atomic E-state index is 0.0645. The molecule has 0 aliphatic heterocycles. The molecular formula is C8H9N3O5S. The van der Waals surface area contributed by atoms with E-state index in [1.807, 2.05) is 5.32 Å². The zero-order valence-corrected chi connectivity index (χ0v) is 9.19. The van der Waals surface area contributed by atoms with Gasteiger partial charge in [-0.15, -0.1) is 0 Å². The van der Waals surface area contributed by atoms with Gasteiger partial charge in [-0.3, -0.25) is 14.1 Å². The molecule has 0 saturated heterocycles. The molecule has 17 heavy (non-hydrogen) atoms. The van der Waals surface area contributed by atoms with Crippen molar-refractivity contribution in [3.8, 4) is 0 Å². The molecular weight excluding hydrogens is 250 g/mol. The molecule has 9 heteroatoms. The minimum Gasteiger partial charge on any atom is -0.399 e. The minimum atomic E-state index is -4.57. The summed E-state index contributed by atoms with van der Waals surface area (Å²) in [5, 5.41) is 1.94. The van der Waals surface area contributed by atoms with Crippen LogP contribution in [0.5, 0.6) is 0 Å². The standard InChI is InChI=1S/C8H9N3O5S/c9-4-1-2-5(11-8(13)7(10)12)6(3-4)17(14,15)16/h1-3H,9H2,(H2,10,12)(H,11,13)(H,14,15,16). The largest absolute Gasteiger partial charge is 0.399 e. The summed E-state index contributed by atoms with van der Waals surface area (Å²) in [7, 11) is -4.57. The Hall–Kier alpha value is -2.13. The third-order valence-electron chi connectivity index (χ3n) is 1.76. The Labute approximate surface area is 96.3 Å². The third-order valence-corrected chi connectivity index (χ3v) is 2.65. The first-order valence-corrected chi connectivity index (χ1v) is 5.63. The Morgan fingerprint density at radius 2 is 1.88 bits per heavy atom. The van der Waals surface area contributed by atoms with E-state index in [0.717, 1.165) is 12.1 Å². The van der Waals surface area contributed by atoms with E-state index < -0.39 is 26.8 Å². The maximum atomic E-state index is 11.0. The molecule has 0 aliphatic carbocycles. The summed E-state index contributed by atoms with van der Waals surface area (Å²) in [5.41, 5.74) is 9.80. The molecule has 2 amide bonds. The highest BCUT2D eigenvalue weighted by molar-refractivity contribution is 7.86. The van der Waals surface area contributed by atoms with E-state index in [0.29, 0.717) is 0 Å². The van der Waals surface area contributed by atoms with Gasteiger partial charge in [0.1, 0.15) is 4.90 Å². The molecule has 0 radical (unpaired) electrons. The van der Waals surface area contributed by atoms with E-state index in [1.54, 1.807) is 0 Å². The van der Waals surface area contributed by atoms with Gasteiger partial charge >= 0.3 is 11.8 Å². The Morgan fingerprint density at radius 3 is 2.35 bits per heavy atom. The van der Waals surface area contributed by atoms with E-state index in [9.17, 15) is 18.0 Å². The molecule has 0 atom stereocenters. The van der Waals surface area contributed by atoms with Crippen molar-refractivity contribution in [2.75, 3.05) is 11.1 Å². The summed E-state index contributed by atoms with van der Waals surface area (Å²) in [6.07, 6.45) is 0. The van der Waals surface area contributed by atoms with Crippen LogP contribution in [0.15, 0.2) is 23.1 Å². The zero-order valence-electron chi connectivity index (χ0n) is 8.38. The van der Waals surface area contributed by atoms with Crippen LogP contribution in [0, 0.1) is 0 Å². The molecule has 0 aliphatic rings. The monoisotopic (exact) mass is 259 g/mol. The van der Waals surface area contributed by atoms with Crippen LogP contribution >= 0.6 is 0 Å². The first kappa shape index (κ1) is 12.9. The first-order valence-electron chi connectivity index (χ1n) is 4.19. The molecule has 0 bridgehead atoms. The Morgan fingerprint density at radius 1 is 1.29 bits per heavy atom. The summed E-state index contributed by atoms with van der Waals surface area (Å²) >= 11 is 0. The second-order valence-electron chi connectivity index (χ2n) is 3.05. The number of nitrogens with one attached hydrogen (secondary N) is 1. The van der Waals surface area contributed by atoms with Crippen molar-refractivity contribution >= 4 is 33.3 Å². The lowest BCUT2D eigenvalue weighted by molar-refractivity contribution is -0.134. The number of nitrogens with two attached hydrogens (primary N) is 2. The SMILES string of the molecule is NC(=O)C(=O)Nc1ccc(N)cc1S(=O)(=O)O. The third kappa shape index (κ3) is 3.16. The number of benzene rings is 1. The van der Waals surface area contributed by atoms with Gasteiger partial charge in [-0.05, 0) is 18.2 Å². The lowest BCUT2D eigenvalue weighted by Gasteiger charge is -2.08. The first-order chi connectivity index (χ1) is 7.71. The summed E-state index contributed by atoms with van der Waals surface area (Å²) in [6, 6.07) is 3.34. The molecule has 0 heterocycles. The number of rotatable bonds is 2. The molecule has 6 N–H and O–H groups in total. The topological polar surface area (TPSA) is 153 Å². The van der Waals surface area contributed by atoms with Crippen LogP contribution in [-0.4, -0.2) is 24.8 Å². The van der Waals surface area contributed by atoms with Crippen LogP contribution in [-0.2, 0) is 19.7 Å². The van der Waals surface area contributed by atoms with Gasteiger partial charge in [-0.2, -0.15) is 8.42 Å². The van der Waals surface area contributed by atoms with Crippen LogP contribution in [0.2, 0.25) is 0 Å². The van der Waals surface area contributed by atoms with Gasteiger partial charge < -0.3 is 16.8 Å². The molecule has 0 spiro atoms. The van der Waals surface area contributed by atoms with Crippen molar-refractivity contribution in [3.05, 3.63) is 18.2 Å². The van der Waals surface area contributed by atoms with E-state index in [4.69, 9.17) is 10.3 Å². The number of nitrogen functional groups attached to an aromatic ring is 1. The average Bonchev–Trinajstić information content (AvgIpc) is 2.18. The molecule has 1 aromatic carbocycles. The van der Waals surface area contributed by atoms with Gasteiger partial charge in [0.15, 0.2) is 0 Å². The molecule has 0 saturated carbocycles. The smallest absolute Gasteiger partial charge is 0.313 e. The molecule has 0 fully saturated rings. The molecule has 92 valence electrons. The van der Waals surface area contributed by atoms with Crippen molar-refractivity contribution in [1.29, 1.82) is 0 Å². The molecule has 1 rings (SSSR count). The van der Waals surface area contributed by atoms with Gasteiger partial charge in [0, 0.05) is 5.69 Å². The number of amides is 2. The summed E-state index contributed by atoms with van der Waals surface area (Å²) < 4.78 is 30.9. The Balaban J connectivity index is 3.26. The van der Waals surface area contributed by atoms with Crippen LogP contribution in [0.1, 0.15) is 0 Å². The summed E-state index contributed by atoms with van der Waals surface area (Å²) in [4.78, 5) is 20.9. The quantitative estimate of drug-likeness (QED) is 0.301. The predicted octanol–water partition coefficient (Wildman–Crippen LogP) is -1.06. The number of hydrogen-bond donors (Lipinski definition) is 4. The van der Waals surface area contributed by atoms with Crippen molar-refractivity contribution < 1.29 is 22.6 Å². The fraction of sp³-hybridized carbons (Fsp3) is 0. The maximum Gasteiger partial charge on any atom is 0.313 e. The molecule has 0 aromatic heterocycles. The van der Waals surface area contributed by atoms with E-state index >= 15 is 0 Å². The van der Waals surface area contributed by atoms with Crippen molar-refractivity contribution in [3.63, 3.8) is 0 Å². The number of primary amides is 1. The van der Waals surface area contributed by atoms with E-state index in [2.05, 4.69) is 5.73 Å². The van der Waals surface area contributed by atoms with Crippen LogP contribution < -0.4 is 16.8 Å². The molecule has 0 unspecified atom stereocenters. The number of anilines is 2. The predicted molar refractivity (Wildman–Crippen MR) is 58.5 cm³/mol. The van der Waals surface area contributed by atoms with E-state index in [1.165, 1.54) is 6.07 Å². The average molecular weight is 259 g/mol. The second-order valence-corrected chi connectivity index (χ2v) is 4.44. The Bertz CT molecular complexity index is 581. The van der Waals surface area contributed by atoms with Crippen LogP contribution in [0.25, 0.3) is 0 Å². The number of carbonyl (C=O) groups is 2. The van der Waals surface area contributed by atoms with Gasteiger partial charge in [0.25, 0.3) is 10.1 Å². The number of hydrogen-bond acceptors (Lipinski definition) is 5. The highest BCUT2D eigenvalue weighted by atomic mass is 32.2. The van der Waals surface area contributed by atoms with Crippen molar-refractivity contribution in [1.82, 2.24) is 0 Å². The lowest BCUT2D eigenvalue weighted by Crippen LogP contribution is -2.30. The van der Waals surface area contributed by atoms with Crippen LogP contribution in [0.3, 0.4) is 0 Å². The Kier molecular flexibility index (Phi) is 3.34. The summed E-state index contributed by atoms with van der Waals surface area (Å²) in [5.74, 6) is -2.50. The fourth-order valence-electron chi connectivity index (χ4n) is 1.04. The maximum absolute atomic E-state index is 11.0. The van der Waals surface area contributed by atoms with Crippen LogP contribution in [0.4, 0.5) is 11.4 Å². The van der Waals surface area contributed by atoms with Gasteiger partial charge in [0.05, 0.1) is 5.69 Å². The second kappa shape index (κ2) is 4.39. The number of carbonyl (C=O) groups excluding carboxylic acids is 2. The highest BCUT2D eigenvalue weighted by Gasteiger charge is 2.19. The zero-order chi connectivity index (χ0) is 13.2. The fourth-order valence-corrected chi connectivity index (χ4v) is 1.72. The van der Waals surface area contributed by atoms with Crippen molar-refractivity contribution in [2.45, 2.75) is 4.90 Å². The van der Waals surface area contributed by atoms with E-state index in [-0.39, 0.29) is 11.4 Å². The lowest BCUT2D eigenvalue weighted by atomic mass is 10.3. The normalized spacial score (nSPS) is 10.9. The molecule has 1 aromatic rings. The van der Waals surface area contributed by atoms with Crippen molar-refractivity contribution in [2.24, 2.45) is 5.73 Å². The van der Waals surface area contributed by atoms with Gasteiger partial charge in [-0.1, -0.05) is 0 Å². The summed E-state index contributed by atoms with van der Waals surface area (Å²) in [6.45, 7) is 0. The molecule has 8 nitrogen and oxygen atoms in total. The highest BCUT2D eigenvalue weighted by Crippen LogP contribution is 2.23. The van der Waals surface area contributed by atoms with Gasteiger partial charge in [-0.25, -0.2) is 0 Å².